The molecule has 0 unspecified atom stereocenters. The van der Waals surface area contributed by atoms with Crippen molar-refractivity contribution in [2.45, 2.75) is 31.7 Å². The van der Waals surface area contributed by atoms with Gasteiger partial charge in [0.15, 0.2) is 4.77 Å². The van der Waals surface area contributed by atoms with Crippen molar-refractivity contribution in [2.75, 3.05) is 0 Å². The molecule has 1 aromatic carbocycles. The van der Waals surface area contributed by atoms with Crippen LogP contribution in [0.3, 0.4) is 0 Å². The maximum absolute atomic E-state index is 5.56. The van der Waals surface area contributed by atoms with E-state index >= 15 is 0 Å². The maximum Gasteiger partial charge on any atom is 0.178 e. The number of aromatic amines is 1. The van der Waals surface area contributed by atoms with Gasteiger partial charge >= 0.3 is 0 Å². The van der Waals surface area contributed by atoms with Crippen molar-refractivity contribution in [3.05, 3.63) is 27.4 Å². The van der Waals surface area contributed by atoms with E-state index in [0.29, 0.717) is 6.04 Å². The molecule has 4 heteroatoms. The Hall–Kier alpha value is -0.610. The number of halogens is 1. The van der Waals surface area contributed by atoms with Gasteiger partial charge in [0.05, 0.1) is 11.0 Å². The van der Waals surface area contributed by atoms with Gasteiger partial charge in [-0.25, -0.2) is 0 Å². The van der Waals surface area contributed by atoms with Gasteiger partial charge in [0.2, 0.25) is 0 Å². The molecular formula is C14H15BrN2S. The minimum absolute atomic E-state index is 0.639. The Labute approximate surface area is 120 Å². The monoisotopic (exact) mass is 322 g/mol. The van der Waals surface area contributed by atoms with Crippen molar-refractivity contribution in [1.82, 2.24) is 9.55 Å². The highest BCUT2D eigenvalue weighted by Crippen LogP contribution is 2.52. The summed E-state index contributed by atoms with van der Waals surface area (Å²) in [5.41, 5.74) is 2.42. The standard InChI is InChI=1S/C14H15BrN2S/c15-10-5-6-11-12(7-10)17(14(18)16-11)13(8-1-2-8)9-3-4-9/h5-9,13H,1-4H2,(H,16,18). The average Bonchev–Trinajstić information content (AvgIpc) is 3.22. The molecule has 1 aromatic heterocycles. The van der Waals surface area contributed by atoms with Crippen LogP contribution in [-0.2, 0) is 0 Å². The van der Waals surface area contributed by atoms with E-state index in [-0.39, 0.29) is 0 Å². The second-order valence-electron chi connectivity index (χ2n) is 5.63. The summed E-state index contributed by atoms with van der Waals surface area (Å²) in [4.78, 5) is 3.36. The van der Waals surface area contributed by atoms with Crippen LogP contribution in [0.1, 0.15) is 31.7 Å². The third-order valence-electron chi connectivity index (χ3n) is 4.19. The van der Waals surface area contributed by atoms with Crippen LogP contribution in [-0.4, -0.2) is 9.55 Å². The van der Waals surface area contributed by atoms with Gasteiger partial charge in [0.1, 0.15) is 0 Å². The van der Waals surface area contributed by atoms with E-state index in [0.717, 1.165) is 26.6 Å². The van der Waals surface area contributed by atoms with E-state index in [1.807, 2.05) is 0 Å². The third-order valence-corrected chi connectivity index (χ3v) is 4.98. The van der Waals surface area contributed by atoms with Crippen LogP contribution in [0.15, 0.2) is 22.7 Å². The minimum Gasteiger partial charge on any atom is -0.331 e. The van der Waals surface area contributed by atoms with Crippen molar-refractivity contribution < 1.29 is 0 Å². The molecule has 1 N–H and O–H groups in total. The van der Waals surface area contributed by atoms with Crippen LogP contribution in [0.4, 0.5) is 0 Å². The summed E-state index contributed by atoms with van der Waals surface area (Å²) in [5, 5.41) is 0. The Bertz CT molecular complexity index is 652. The Balaban J connectivity index is 1.94. The molecule has 0 saturated heterocycles. The lowest BCUT2D eigenvalue weighted by Crippen LogP contribution is -2.13. The van der Waals surface area contributed by atoms with Crippen molar-refractivity contribution >= 4 is 39.2 Å². The molecule has 0 radical (unpaired) electrons. The molecule has 0 spiro atoms. The lowest BCUT2D eigenvalue weighted by Gasteiger charge is -2.18. The van der Waals surface area contributed by atoms with Gasteiger partial charge in [-0.3, -0.25) is 0 Å². The fourth-order valence-electron chi connectivity index (χ4n) is 3.07. The van der Waals surface area contributed by atoms with E-state index in [1.165, 1.54) is 31.2 Å². The van der Waals surface area contributed by atoms with Crippen LogP contribution in [0, 0.1) is 16.6 Å². The summed E-state index contributed by atoms with van der Waals surface area (Å²) in [5.74, 6) is 1.73. The van der Waals surface area contributed by atoms with Crippen LogP contribution < -0.4 is 0 Å². The Morgan fingerprint density at radius 1 is 1.22 bits per heavy atom. The lowest BCUT2D eigenvalue weighted by atomic mass is 10.1. The van der Waals surface area contributed by atoms with Crippen molar-refractivity contribution in [2.24, 2.45) is 11.8 Å². The lowest BCUT2D eigenvalue weighted by molar-refractivity contribution is 0.400. The molecule has 1 heterocycles. The van der Waals surface area contributed by atoms with Gasteiger partial charge in [-0.2, -0.15) is 0 Å². The van der Waals surface area contributed by atoms with E-state index in [4.69, 9.17) is 12.2 Å². The number of H-pyrrole nitrogens is 1. The normalized spacial score (nSPS) is 19.9. The highest BCUT2D eigenvalue weighted by Gasteiger charge is 2.43. The number of imidazole rings is 1. The van der Waals surface area contributed by atoms with Gasteiger partial charge in [-0.1, -0.05) is 15.9 Å². The zero-order chi connectivity index (χ0) is 12.3. The summed E-state index contributed by atoms with van der Waals surface area (Å²) in [6.45, 7) is 0. The first-order valence-electron chi connectivity index (χ1n) is 6.64. The van der Waals surface area contributed by atoms with Gasteiger partial charge in [0, 0.05) is 10.5 Å². The second-order valence-corrected chi connectivity index (χ2v) is 6.93. The molecule has 18 heavy (non-hydrogen) atoms. The van der Waals surface area contributed by atoms with Crippen molar-refractivity contribution in [3.63, 3.8) is 0 Å². The SMILES string of the molecule is S=c1[nH]c2ccc(Br)cc2n1C(C1CC1)C1CC1. The van der Waals surface area contributed by atoms with E-state index in [2.05, 4.69) is 43.7 Å². The van der Waals surface area contributed by atoms with Crippen molar-refractivity contribution in [3.8, 4) is 0 Å². The fourth-order valence-corrected chi connectivity index (χ4v) is 3.75. The van der Waals surface area contributed by atoms with Crippen molar-refractivity contribution in [1.29, 1.82) is 0 Å². The Morgan fingerprint density at radius 2 is 1.89 bits per heavy atom. The number of aromatic nitrogens is 2. The molecule has 0 bridgehead atoms. The van der Waals surface area contributed by atoms with E-state index in [1.54, 1.807) is 0 Å². The number of nitrogens with one attached hydrogen (secondary N) is 1. The topological polar surface area (TPSA) is 20.7 Å². The number of nitrogens with zero attached hydrogens (tertiary/aromatic N) is 1. The molecule has 0 amide bonds. The van der Waals surface area contributed by atoms with Gasteiger partial charge < -0.3 is 9.55 Å². The van der Waals surface area contributed by atoms with Gasteiger partial charge in [0.25, 0.3) is 0 Å². The predicted octanol–water partition coefficient (Wildman–Crippen LogP) is 4.82. The molecule has 2 saturated carbocycles. The Kier molecular flexibility index (Phi) is 2.46. The zero-order valence-corrected chi connectivity index (χ0v) is 12.4. The summed E-state index contributed by atoms with van der Waals surface area (Å²) in [6, 6.07) is 7.02. The largest absolute Gasteiger partial charge is 0.331 e. The predicted molar refractivity (Wildman–Crippen MR) is 79.3 cm³/mol. The number of fused-ring (bicyclic) bond motifs is 1. The summed E-state index contributed by atoms with van der Waals surface area (Å²) < 4.78 is 4.42. The summed E-state index contributed by atoms with van der Waals surface area (Å²) in [7, 11) is 0. The molecule has 2 nitrogen and oxygen atoms in total. The fraction of sp³-hybridized carbons (Fsp3) is 0.500. The molecule has 2 aliphatic carbocycles. The first kappa shape index (κ1) is 11.2. The quantitative estimate of drug-likeness (QED) is 0.803. The first-order chi connectivity index (χ1) is 8.74. The molecule has 2 fully saturated rings. The first-order valence-corrected chi connectivity index (χ1v) is 7.84. The third kappa shape index (κ3) is 1.77. The van der Waals surface area contributed by atoms with Crippen LogP contribution >= 0.6 is 28.1 Å². The van der Waals surface area contributed by atoms with E-state index < -0.39 is 0 Å². The van der Waals surface area contributed by atoms with Crippen LogP contribution in [0.5, 0.6) is 0 Å². The minimum atomic E-state index is 0.639. The smallest absolute Gasteiger partial charge is 0.178 e. The number of rotatable bonds is 3. The molecule has 94 valence electrons. The highest BCUT2D eigenvalue weighted by molar-refractivity contribution is 9.10. The molecular weight excluding hydrogens is 308 g/mol. The molecule has 0 aliphatic heterocycles. The van der Waals surface area contributed by atoms with Gasteiger partial charge in [-0.05, 0) is 67.9 Å². The number of benzene rings is 1. The average molecular weight is 323 g/mol. The molecule has 4 rings (SSSR count). The summed E-state index contributed by atoms with van der Waals surface area (Å²) in [6.07, 6.45) is 5.51. The van der Waals surface area contributed by atoms with E-state index in [9.17, 15) is 0 Å². The Morgan fingerprint density at radius 3 is 2.50 bits per heavy atom. The molecule has 2 aromatic rings. The maximum atomic E-state index is 5.56. The molecule has 0 atom stereocenters. The summed E-state index contributed by atoms with van der Waals surface area (Å²) >= 11 is 9.13. The highest BCUT2D eigenvalue weighted by atomic mass is 79.9. The molecule has 2 aliphatic rings. The second kappa shape index (κ2) is 3.94. The number of hydrogen-bond donors (Lipinski definition) is 1. The van der Waals surface area contributed by atoms with Gasteiger partial charge in [-0.15, -0.1) is 0 Å². The number of hydrogen-bond acceptors (Lipinski definition) is 1. The zero-order valence-electron chi connectivity index (χ0n) is 10.0. The van der Waals surface area contributed by atoms with Crippen LogP contribution in [0.2, 0.25) is 0 Å². The van der Waals surface area contributed by atoms with Crippen LogP contribution in [0.25, 0.3) is 11.0 Å².